The molecule has 1 atom stereocenters. The van der Waals surface area contributed by atoms with E-state index >= 15 is 0 Å². The average Bonchev–Trinajstić information content (AvgIpc) is 2.49. The second-order valence-electron chi connectivity index (χ2n) is 5.87. The van der Waals surface area contributed by atoms with E-state index in [1.54, 1.807) is 0 Å². The fourth-order valence-corrected chi connectivity index (χ4v) is 2.59. The van der Waals surface area contributed by atoms with Crippen LogP contribution in [0.15, 0.2) is 24.3 Å². The first-order valence-electron chi connectivity index (χ1n) is 7.79. The standard InChI is InChI=1S/C17H25NO3/c1-3-13(2)21-16-6-4-14(5-7-16)12-18-10-8-15(9-11-18)17(19)20/h4-7,13,15H,3,8-12H2,1-2H3,(H,19,20). The summed E-state index contributed by atoms with van der Waals surface area (Å²) in [4.78, 5) is 13.3. The molecule has 1 heterocycles. The van der Waals surface area contributed by atoms with Crippen molar-refractivity contribution in [3.05, 3.63) is 29.8 Å². The van der Waals surface area contributed by atoms with Gasteiger partial charge >= 0.3 is 5.97 Å². The van der Waals surface area contributed by atoms with Crippen LogP contribution in [0.1, 0.15) is 38.7 Å². The summed E-state index contributed by atoms with van der Waals surface area (Å²) in [6, 6.07) is 8.24. The van der Waals surface area contributed by atoms with Crippen molar-refractivity contribution in [2.24, 2.45) is 5.92 Å². The SMILES string of the molecule is CCC(C)Oc1ccc(CN2CCC(C(=O)O)CC2)cc1. The maximum Gasteiger partial charge on any atom is 0.306 e. The molecule has 1 aliphatic heterocycles. The number of likely N-dealkylation sites (tertiary alicyclic amines) is 1. The van der Waals surface area contributed by atoms with Crippen molar-refractivity contribution in [3.8, 4) is 5.75 Å². The highest BCUT2D eigenvalue weighted by Gasteiger charge is 2.24. The molecular formula is C17H25NO3. The summed E-state index contributed by atoms with van der Waals surface area (Å²) in [7, 11) is 0. The highest BCUT2D eigenvalue weighted by molar-refractivity contribution is 5.70. The molecule has 2 rings (SSSR count). The highest BCUT2D eigenvalue weighted by atomic mass is 16.5. The quantitative estimate of drug-likeness (QED) is 0.874. The number of carboxylic acids is 1. The van der Waals surface area contributed by atoms with Gasteiger partial charge in [0, 0.05) is 6.54 Å². The van der Waals surface area contributed by atoms with Crippen molar-refractivity contribution in [2.45, 2.75) is 45.8 Å². The van der Waals surface area contributed by atoms with Crippen LogP contribution < -0.4 is 4.74 Å². The van der Waals surface area contributed by atoms with E-state index in [1.807, 2.05) is 12.1 Å². The molecule has 1 fully saturated rings. The maximum atomic E-state index is 10.9. The molecular weight excluding hydrogens is 266 g/mol. The Labute approximate surface area is 126 Å². The van der Waals surface area contributed by atoms with Crippen molar-refractivity contribution in [2.75, 3.05) is 13.1 Å². The molecule has 4 heteroatoms. The molecule has 0 amide bonds. The van der Waals surface area contributed by atoms with Gasteiger partial charge in [-0.25, -0.2) is 0 Å². The number of carboxylic acid groups (broad SMARTS) is 1. The average molecular weight is 291 g/mol. The van der Waals surface area contributed by atoms with Gasteiger partial charge < -0.3 is 9.84 Å². The molecule has 1 aromatic rings. The predicted octanol–water partition coefficient (Wildman–Crippen LogP) is 3.16. The third kappa shape index (κ3) is 4.74. The van der Waals surface area contributed by atoms with Crippen LogP contribution in [-0.4, -0.2) is 35.2 Å². The van der Waals surface area contributed by atoms with Crippen LogP contribution in [-0.2, 0) is 11.3 Å². The number of piperidine rings is 1. The minimum Gasteiger partial charge on any atom is -0.491 e. The summed E-state index contributed by atoms with van der Waals surface area (Å²) in [6.45, 7) is 6.79. The largest absolute Gasteiger partial charge is 0.491 e. The molecule has 21 heavy (non-hydrogen) atoms. The number of benzene rings is 1. The van der Waals surface area contributed by atoms with Gasteiger partial charge in [-0.2, -0.15) is 0 Å². The summed E-state index contributed by atoms with van der Waals surface area (Å²) < 4.78 is 5.77. The van der Waals surface area contributed by atoms with Crippen molar-refractivity contribution in [1.82, 2.24) is 4.90 Å². The topological polar surface area (TPSA) is 49.8 Å². The summed E-state index contributed by atoms with van der Waals surface area (Å²) in [5.74, 6) is 0.103. The van der Waals surface area contributed by atoms with Crippen LogP contribution in [0.4, 0.5) is 0 Å². The molecule has 0 spiro atoms. The van der Waals surface area contributed by atoms with Crippen LogP contribution in [0.2, 0.25) is 0 Å². The molecule has 0 radical (unpaired) electrons. The Morgan fingerprint density at radius 3 is 2.48 bits per heavy atom. The van der Waals surface area contributed by atoms with Gasteiger partial charge in [-0.1, -0.05) is 19.1 Å². The van der Waals surface area contributed by atoms with Gasteiger partial charge in [0.15, 0.2) is 0 Å². The van der Waals surface area contributed by atoms with Crippen LogP contribution in [0.25, 0.3) is 0 Å². The molecule has 0 aromatic heterocycles. The molecule has 4 nitrogen and oxygen atoms in total. The molecule has 0 saturated carbocycles. The van der Waals surface area contributed by atoms with Crippen molar-refractivity contribution < 1.29 is 14.6 Å². The van der Waals surface area contributed by atoms with Gasteiger partial charge in [-0.15, -0.1) is 0 Å². The Morgan fingerprint density at radius 1 is 1.33 bits per heavy atom. The predicted molar refractivity (Wildman–Crippen MR) is 82.5 cm³/mol. The van der Waals surface area contributed by atoms with Crippen LogP contribution in [0.3, 0.4) is 0 Å². The monoisotopic (exact) mass is 291 g/mol. The number of rotatable bonds is 6. The summed E-state index contributed by atoms with van der Waals surface area (Å²) in [6.07, 6.45) is 2.75. The van der Waals surface area contributed by atoms with E-state index in [1.165, 1.54) is 5.56 Å². The third-order valence-electron chi connectivity index (χ3n) is 4.18. The van der Waals surface area contributed by atoms with Crippen molar-refractivity contribution in [1.29, 1.82) is 0 Å². The Balaban J connectivity index is 1.82. The summed E-state index contributed by atoms with van der Waals surface area (Å²) >= 11 is 0. The first-order chi connectivity index (χ1) is 10.1. The van der Waals surface area contributed by atoms with Crippen LogP contribution in [0, 0.1) is 5.92 Å². The second kappa shape index (κ2) is 7.46. The lowest BCUT2D eigenvalue weighted by Gasteiger charge is -2.30. The summed E-state index contributed by atoms with van der Waals surface area (Å²) in [5.41, 5.74) is 1.25. The number of ether oxygens (including phenoxy) is 1. The van der Waals surface area contributed by atoms with E-state index in [2.05, 4.69) is 30.9 Å². The number of hydrogen-bond acceptors (Lipinski definition) is 3. The number of carbonyl (C=O) groups is 1. The van der Waals surface area contributed by atoms with E-state index in [4.69, 9.17) is 9.84 Å². The van der Waals surface area contributed by atoms with E-state index in [0.29, 0.717) is 0 Å². The fourth-order valence-electron chi connectivity index (χ4n) is 2.59. The minimum absolute atomic E-state index is 0.160. The molecule has 1 aliphatic rings. The zero-order chi connectivity index (χ0) is 15.2. The van der Waals surface area contributed by atoms with Gasteiger partial charge in [0.2, 0.25) is 0 Å². The third-order valence-corrected chi connectivity index (χ3v) is 4.18. The van der Waals surface area contributed by atoms with Crippen LogP contribution in [0.5, 0.6) is 5.75 Å². The normalized spacial score (nSPS) is 18.4. The molecule has 0 aliphatic carbocycles. The molecule has 1 saturated heterocycles. The fraction of sp³-hybridized carbons (Fsp3) is 0.588. The second-order valence-corrected chi connectivity index (χ2v) is 5.87. The summed E-state index contributed by atoms with van der Waals surface area (Å²) in [5, 5.41) is 9.00. The lowest BCUT2D eigenvalue weighted by molar-refractivity contribution is -0.143. The van der Waals surface area contributed by atoms with Crippen LogP contribution >= 0.6 is 0 Å². The van der Waals surface area contributed by atoms with Crippen molar-refractivity contribution >= 4 is 5.97 Å². The van der Waals surface area contributed by atoms with Gasteiger partial charge in [-0.3, -0.25) is 9.69 Å². The van der Waals surface area contributed by atoms with E-state index in [0.717, 1.165) is 44.6 Å². The number of aliphatic carboxylic acids is 1. The molecule has 1 N–H and O–H groups in total. The Kier molecular flexibility index (Phi) is 5.62. The zero-order valence-electron chi connectivity index (χ0n) is 12.9. The first kappa shape index (κ1) is 15.8. The molecule has 116 valence electrons. The van der Waals surface area contributed by atoms with Crippen molar-refractivity contribution in [3.63, 3.8) is 0 Å². The van der Waals surface area contributed by atoms with Gasteiger partial charge in [-0.05, 0) is 57.0 Å². The molecule has 0 bridgehead atoms. The maximum absolute atomic E-state index is 10.9. The zero-order valence-corrected chi connectivity index (χ0v) is 12.9. The highest BCUT2D eigenvalue weighted by Crippen LogP contribution is 2.20. The Morgan fingerprint density at radius 2 is 1.95 bits per heavy atom. The lowest BCUT2D eigenvalue weighted by Crippen LogP contribution is -2.35. The van der Waals surface area contributed by atoms with Gasteiger partial charge in [0.1, 0.15) is 5.75 Å². The van der Waals surface area contributed by atoms with E-state index < -0.39 is 5.97 Å². The lowest BCUT2D eigenvalue weighted by atomic mass is 9.97. The van der Waals surface area contributed by atoms with E-state index in [9.17, 15) is 4.79 Å². The van der Waals surface area contributed by atoms with Gasteiger partial charge in [0.05, 0.1) is 12.0 Å². The Bertz CT molecular complexity index is 450. The smallest absolute Gasteiger partial charge is 0.306 e. The first-order valence-corrected chi connectivity index (χ1v) is 7.79. The minimum atomic E-state index is -0.652. The number of nitrogens with zero attached hydrogens (tertiary/aromatic N) is 1. The Hall–Kier alpha value is -1.55. The molecule has 1 aromatic carbocycles. The molecule has 1 unspecified atom stereocenters. The van der Waals surface area contributed by atoms with Gasteiger partial charge in [0.25, 0.3) is 0 Å². The number of hydrogen-bond donors (Lipinski definition) is 1. The van der Waals surface area contributed by atoms with E-state index in [-0.39, 0.29) is 12.0 Å².